The van der Waals surface area contributed by atoms with E-state index in [9.17, 15) is 0 Å². The second-order valence-electron chi connectivity index (χ2n) is 11.8. The van der Waals surface area contributed by atoms with Crippen LogP contribution in [0.5, 0.6) is 0 Å². The van der Waals surface area contributed by atoms with Crippen LogP contribution in [0.1, 0.15) is 188 Å². The minimum atomic E-state index is 0.640. The minimum absolute atomic E-state index is 0.640. The summed E-state index contributed by atoms with van der Waals surface area (Å²) < 4.78 is 0. The highest BCUT2D eigenvalue weighted by Crippen LogP contribution is 2.23. The molecule has 0 bridgehead atoms. The van der Waals surface area contributed by atoms with E-state index in [2.05, 4.69) is 43.0 Å². The third-order valence-electron chi connectivity index (χ3n) is 8.28. The van der Waals surface area contributed by atoms with E-state index in [0.717, 1.165) is 0 Å². The molecule has 214 valence electrons. The van der Waals surface area contributed by atoms with Gasteiger partial charge in [-0.3, -0.25) is 0 Å². The standard InChI is InChI=1S/C34H68N2/c1-4-7-9-11-13-15-16-17-18-19-20-21-22-23-25-27-29-34-35(30-6-3)32-33-36(34)31-28-26-24-14-12-10-8-5-2/h32-34H,4-31H2,1-3H3. The Morgan fingerprint density at radius 2 is 0.694 bits per heavy atom. The molecule has 0 fully saturated rings. The molecule has 1 rings (SSSR count). The zero-order valence-corrected chi connectivity index (χ0v) is 25.4. The predicted molar refractivity (Wildman–Crippen MR) is 163 cm³/mol. The van der Waals surface area contributed by atoms with Gasteiger partial charge in [-0.2, -0.15) is 0 Å². The lowest BCUT2D eigenvalue weighted by atomic mass is 10.0. The molecule has 36 heavy (non-hydrogen) atoms. The van der Waals surface area contributed by atoms with E-state index >= 15 is 0 Å². The molecule has 1 unspecified atom stereocenters. The molecule has 0 aromatic heterocycles. The van der Waals surface area contributed by atoms with Gasteiger partial charge in [0.1, 0.15) is 6.17 Å². The summed E-state index contributed by atoms with van der Waals surface area (Å²) in [6.45, 7) is 9.41. The Kier molecular flexibility index (Phi) is 24.1. The second-order valence-corrected chi connectivity index (χ2v) is 11.8. The molecule has 2 heteroatoms. The van der Waals surface area contributed by atoms with Gasteiger partial charge in [0.25, 0.3) is 0 Å². The van der Waals surface area contributed by atoms with Crippen LogP contribution in [0.15, 0.2) is 12.4 Å². The first-order valence-electron chi connectivity index (χ1n) is 17.0. The largest absolute Gasteiger partial charge is 0.356 e. The van der Waals surface area contributed by atoms with Crippen molar-refractivity contribution in [3.8, 4) is 0 Å². The van der Waals surface area contributed by atoms with Crippen LogP contribution in [0.25, 0.3) is 0 Å². The summed E-state index contributed by atoms with van der Waals surface area (Å²) in [5.41, 5.74) is 0. The second kappa shape index (κ2) is 26.0. The molecule has 0 N–H and O–H groups in total. The number of rotatable bonds is 28. The van der Waals surface area contributed by atoms with Gasteiger partial charge in [0.2, 0.25) is 0 Å². The Labute approximate surface area is 229 Å². The summed E-state index contributed by atoms with van der Waals surface area (Å²) in [5.74, 6) is 0. The Bertz CT molecular complexity index is 460. The smallest absolute Gasteiger partial charge is 0.101 e. The average molecular weight is 505 g/mol. The lowest BCUT2D eigenvalue weighted by Gasteiger charge is -2.33. The van der Waals surface area contributed by atoms with Crippen molar-refractivity contribution < 1.29 is 0 Å². The van der Waals surface area contributed by atoms with Crippen molar-refractivity contribution >= 4 is 0 Å². The van der Waals surface area contributed by atoms with Crippen molar-refractivity contribution in [1.82, 2.24) is 9.80 Å². The summed E-state index contributed by atoms with van der Waals surface area (Å²) >= 11 is 0. The number of hydrogen-bond acceptors (Lipinski definition) is 2. The first kappa shape index (κ1) is 33.4. The zero-order valence-electron chi connectivity index (χ0n) is 25.4. The third-order valence-corrected chi connectivity index (χ3v) is 8.28. The molecule has 0 amide bonds. The predicted octanol–water partition coefficient (Wildman–Crippen LogP) is 11.6. The highest BCUT2D eigenvalue weighted by molar-refractivity contribution is 4.96. The fourth-order valence-electron chi connectivity index (χ4n) is 5.90. The Hall–Kier alpha value is -0.660. The minimum Gasteiger partial charge on any atom is -0.356 e. The molecule has 1 atom stereocenters. The van der Waals surface area contributed by atoms with Gasteiger partial charge in [0.15, 0.2) is 0 Å². The van der Waals surface area contributed by atoms with Crippen molar-refractivity contribution in [2.24, 2.45) is 0 Å². The maximum absolute atomic E-state index is 2.66. The molecular weight excluding hydrogens is 436 g/mol. The van der Waals surface area contributed by atoms with Gasteiger partial charge in [-0.05, 0) is 25.7 Å². The van der Waals surface area contributed by atoms with Gasteiger partial charge in [-0.15, -0.1) is 0 Å². The highest BCUT2D eigenvalue weighted by Gasteiger charge is 2.24. The van der Waals surface area contributed by atoms with Gasteiger partial charge in [0, 0.05) is 25.5 Å². The zero-order chi connectivity index (χ0) is 25.9. The summed E-state index contributed by atoms with van der Waals surface area (Å²) in [6.07, 6.45) is 42.6. The van der Waals surface area contributed by atoms with E-state index in [4.69, 9.17) is 0 Å². The van der Waals surface area contributed by atoms with Crippen LogP contribution in [0, 0.1) is 0 Å². The van der Waals surface area contributed by atoms with E-state index in [1.54, 1.807) is 0 Å². The van der Waals surface area contributed by atoms with Crippen molar-refractivity contribution in [1.29, 1.82) is 0 Å². The molecule has 0 saturated heterocycles. The SMILES string of the molecule is CCCCCCCCCCCCCCCCCCC1N(CCC)C=CN1CCCCCCCCCC. The molecule has 0 spiro atoms. The molecule has 1 heterocycles. The van der Waals surface area contributed by atoms with Crippen LogP contribution in [0.4, 0.5) is 0 Å². The molecule has 0 radical (unpaired) electrons. The molecule has 0 aliphatic carbocycles. The van der Waals surface area contributed by atoms with Crippen LogP contribution in [-0.4, -0.2) is 29.1 Å². The fraction of sp³-hybridized carbons (Fsp3) is 0.941. The first-order chi connectivity index (χ1) is 17.8. The summed E-state index contributed by atoms with van der Waals surface area (Å²) in [7, 11) is 0. The number of nitrogens with zero attached hydrogens (tertiary/aromatic N) is 2. The van der Waals surface area contributed by atoms with E-state index in [-0.39, 0.29) is 0 Å². The maximum Gasteiger partial charge on any atom is 0.101 e. The number of hydrogen-bond donors (Lipinski definition) is 0. The van der Waals surface area contributed by atoms with Crippen LogP contribution in [0.3, 0.4) is 0 Å². The Morgan fingerprint density at radius 3 is 1.08 bits per heavy atom. The molecule has 2 nitrogen and oxygen atoms in total. The summed E-state index contributed by atoms with van der Waals surface area (Å²) in [4.78, 5) is 5.29. The van der Waals surface area contributed by atoms with E-state index in [1.165, 1.54) is 180 Å². The van der Waals surface area contributed by atoms with Crippen LogP contribution < -0.4 is 0 Å². The number of unbranched alkanes of at least 4 members (excludes halogenated alkanes) is 22. The lowest BCUT2D eigenvalue weighted by molar-refractivity contribution is 0.137. The van der Waals surface area contributed by atoms with Gasteiger partial charge < -0.3 is 9.80 Å². The van der Waals surface area contributed by atoms with E-state index < -0.39 is 0 Å². The molecular formula is C34H68N2. The van der Waals surface area contributed by atoms with E-state index in [0.29, 0.717) is 6.17 Å². The van der Waals surface area contributed by atoms with Gasteiger partial charge in [-0.1, -0.05) is 162 Å². The van der Waals surface area contributed by atoms with Crippen molar-refractivity contribution in [3.05, 3.63) is 12.4 Å². The summed E-state index contributed by atoms with van der Waals surface area (Å²) in [5, 5.41) is 0. The van der Waals surface area contributed by atoms with Gasteiger partial charge in [0.05, 0.1) is 0 Å². The Balaban J connectivity index is 1.99. The van der Waals surface area contributed by atoms with Crippen molar-refractivity contribution in [2.75, 3.05) is 13.1 Å². The molecule has 0 aromatic carbocycles. The van der Waals surface area contributed by atoms with Gasteiger partial charge >= 0.3 is 0 Å². The third kappa shape index (κ3) is 18.6. The van der Waals surface area contributed by atoms with Crippen molar-refractivity contribution in [2.45, 2.75) is 194 Å². The fourth-order valence-corrected chi connectivity index (χ4v) is 5.90. The molecule has 0 aromatic rings. The topological polar surface area (TPSA) is 6.48 Å². The van der Waals surface area contributed by atoms with Gasteiger partial charge in [-0.25, -0.2) is 0 Å². The summed E-state index contributed by atoms with van der Waals surface area (Å²) in [6, 6.07) is 0. The first-order valence-corrected chi connectivity index (χ1v) is 17.0. The quantitative estimate of drug-likeness (QED) is 0.0977. The van der Waals surface area contributed by atoms with Crippen LogP contribution in [-0.2, 0) is 0 Å². The normalized spacial score (nSPS) is 15.5. The van der Waals surface area contributed by atoms with Crippen LogP contribution >= 0.6 is 0 Å². The Morgan fingerprint density at radius 1 is 0.361 bits per heavy atom. The van der Waals surface area contributed by atoms with Crippen molar-refractivity contribution in [3.63, 3.8) is 0 Å². The van der Waals surface area contributed by atoms with E-state index in [1.807, 2.05) is 0 Å². The van der Waals surface area contributed by atoms with Crippen LogP contribution in [0.2, 0.25) is 0 Å². The maximum atomic E-state index is 2.66. The molecule has 1 aliphatic rings. The monoisotopic (exact) mass is 505 g/mol. The highest BCUT2D eigenvalue weighted by atomic mass is 15.4. The lowest BCUT2D eigenvalue weighted by Crippen LogP contribution is -2.39. The molecule has 1 aliphatic heterocycles. The average Bonchev–Trinajstić information content (AvgIpc) is 3.26. The molecule has 0 saturated carbocycles.